The Bertz CT molecular complexity index is 191. The third-order valence-corrected chi connectivity index (χ3v) is 2.35. The number of methoxy groups -OCH3 is 1. The van der Waals surface area contributed by atoms with Gasteiger partial charge in [-0.25, -0.2) is 0 Å². The zero-order valence-corrected chi connectivity index (χ0v) is 7.54. The molecule has 1 fully saturated rings. The predicted octanol–water partition coefficient (Wildman–Crippen LogP) is 0.712. The molecule has 1 heterocycles. The lowest BCUT2D eigenvalue weighted by molar-refractivity contribution is -0.142. The number of nitrogens with one attached hydrogen (secondary N) is 1. The second-order valence-electron chi connectivity index (χ2n) is 3.22. The number of carbonyl (C=O) groups is 1. The molecule has 0 spiro atoms. The zero-order valence-electron chi connectivity index (χ0n) is 7.54. The van der Waals surface area contributed by atoms with Crippen LogP contribution in [0.1, 0.15) is 13.3 Å². The molecule has 1 saturated heterocycles. The lowest BCUT2D eigenvalue weighted by Gasteiger charge is -2.09. The predicted molar refractivity (Wildman–Crippen MR) is 46.7 cm³/mol. The normalized spacial score (nSPS) is 34.7. The second-order valence-corrected chi connectivity index (χ2v) is 3.22. The van der Waals surface area contributed by atoms with Crippen LogP contribution in [0.3, 0.4) is 0 Å². The van der Waals surface area contributed by atoms with E-state index >= 15 is 0 Å². The van der Waals surface area contributed by atoms with Gasteiger partial charge in [0.15, 0.2) is 0 Å². The Morgan fingerprint density at radius 2 is 2.42 bits per heavy atom. The molecule has 0 aliphatic carbocycles. The molecule has 3 nitrogen and oxygen atoms in total. The molecule has 1 aliphatic rings. The Kier molecular flexibility index (Phi) is 2.87. The van der Waals surface area contributed by atoms with Crippen LogP contribution in [0.4, 0.5) is 0 Å². The van der Waals surface area contributed by atoms with Gasteiger partial charge in [-0.1, -0.05) is 13.0 Å². The van der Waals surface area contributed by atoms with Crippen LogP contribution in [0.5, 0.6) is 0 Å². The highest BCUT2D eigenvalue weighted by molar-refractivity contribution is 5.76. The van der Waals surface area contributed by atoms with Crippen LogP contribution < -0.4 is 5.32 Å². The molecule has 1 rings (SSSR count). The van der Waals surface area contributed by atoms with Crippen molar-refractivity contribution in [3.8, 4) is 0 Å². The summed E-state index contributed by atoms with van der Waals surface area (Å²) in [5.74, 6) is 0.290. The standard InChI is InChI=1S/C9H15NO2/c1-4-7-6(2)5-8(10-7)9(11)12-3/h4,6-8,10H,1,5H2,2-3H3/t6-,7-,8+/m1/s1. The molecule has 0 unspecified atom stereocenters. The molecular weight excluding hydrogens is 154 g/mol. The van der Waals surface area contributed by atoms with Crippen molar-refractivity contribution in [1.82, 2.24) is 5.32 Å². The van der Waals surface area contributed by atoms with Gasteiger partial charge in [0, 0.05) is 6.04 Å². The van der Waals surface area contributed by atoms with E-state index in [4.69, 9.17) is 0 Å². The monoisotopic (exact) mass is 169 g/mol. The smallest absolute Gasteiger partial charge is 0.322 e. The lowest BCUT2D eigenvalue weighted by atomic mass is 10.0. The fraction of sp³-hybridized carbons (Fsp3) is 0.667. The van der Waals surface area contributed by atoms with E-state index in [0.29, 0.717) is 5.92 Å². The third-order valence-electron chi connectivity index (χ3n) is 2.35. The van der Waals surface area contributed by atoms with Crippen LogP contribution in [0.15, 0.2) is 12.7 Å². The zero-order chi connectivity index (χ0) is 9.14. The van der Waals surface area contributed by atoms with Gasteiger partial charge >= 0.3 is 5.97 Å². The fourth-order valence-electron chi connectivity index (χ4n) is 1.59. The van der Waals surface area contributed by atoms with Gasteiger partial charge in [-0.3, -0.25) is 10.1 Å². The number of carbonyl (C=O) groups excluding carboxylic acids is 1. The van der Waals surface area contributed by atoms with Crippen molar-refractivity contribution < 1.29 is 9.53 Å². The summed E-state index contributed by atoms with van der Waals surface area (Å²) in [7, 11) is 1.41. The quantitative estimate of drug-likeness (QED) is 0.489. The molecule has 0 radical (unpaired) electrons. The molecule has 0 amide bonds. The van der Waals surface area contributed by atoms with E-state index in [1.807, 2.05) is 6.08 Å². The number of rotatable bonds is 2. The first-order chi connectivity index (χ1) is 5.69. The Morgan fingerprint density at radius 1 is 1.75 bits per heavy atom. The molecular formula is C9H15NO2. The first kappa shape index (κ1) is 9.26. The summed E-state index contributed by atoms with van der Waals surface area (Å²) in [5.41, 5.74) is 0. The van der Waals surface area contributed by atoms with Crippen LogP contribution in [0.2, 0.25) is 0 Å². The summed E-state index contributed by atoms with van der Waals surface area (Å²) in [5, 5.41) is 3.15. The maximum Gasteiger partial charge on any atom is 0.322 e. The molecule has 68 valence electrons. The number of hydrogen-bond acceptors (Lipinski definition) is 3. The second kappa shape index (κ2) is 3.72. The van der Waals surface area contributed by atoms with E-state index in [1.165, 1.54) is 7.11 Å². The fourth-order valence-corrected chi connectivity index (χ4v) is 1.59. The summed E-state index contributed by atoms with van der Waals surface area (Å²) in [4.78, 5) is 11.1. The van der Waals surface area contributed by atoms with Gasteiger partial charge in [0.05, 0.1) is 7.11 Å². The van der Waals surface area contributed by atoms with Crippen LogP contribution in [0.25, 0.3) is 0 Å². The van der Waals surface area contributed by atoms with Gasteiger partial charge in [-0.2, -0.15) is 0 Å². The number of hydrogen-bond donors (Lipinski definition) is 1. The minimum atomic E-state index is -0.175. The summed E-state index contributed by atoms with van der Waals surface area (Å²) in [6, 6.07) is 0.0992. The van der Waals surface area contributed by atoms with E-state index in [2.05, 4.69) is 23.6 Å². The first-order valence-electron chi connectivity index (χ1n) is 4.15. The van der Waals surface area contributed by atoms with Crippen molar-refractivity contribution in [1.29, 1.82) is 0 Å². The molecule has 0 aromatic carbocycles. The maximum atomic E-state index is 11.1. The lowest BCUT2D eigenvalue weighted by Crippen LogP contribution is -2.35. The van der Waals surface area contributed by atoms with Crippen molar-refractivity contribution in [2.24, 2.45) is 5.92 Å². The Balaban J connectivity index is 2.53. The summed E-state index contributed by atoms with van der Waals surface area (Å²) >= 11 is 0. The molecule has 0 saturated carbocycles. The van der Waals surface area contributed by atoms with E-state index < -0.39 is 0 Å². The van der Waals surface area contributed by atoms with Crippen molar-refractivity contribution in [3.05, 3.63) is 12.7 Å². The molecule has 0 bridgehead atoms. The molecule has 12 heavy (non-hydrogen) atoms. The van der Waals surface area contributed by atoms with Crippen LogP contribution in [-0.2, 0) is 9.53 Å². The number of ether oxygens (including phenoxy) is 1. The highest BCUT2D eigenvalue weighted by Crippen LogP contribution is 2.20. The van der Waals surface area contributed by atoms with Crippen molar-refractivity contribution >= 4 is 5.97 Å². The first-order valence-corrected chi connectivity index (χ1v) is 4.15. The largest absolute Gasteiger partial charge is 0.468 e. The molecule has 3 heteroatoms. The van der Waals surface area contributed by atoms with Gasteiger partial charge in [-0.05, 0) is 12.3 Å². The Hall–Kier alpha value is -0.830. The summed E-state index contributed by atoms with van der Waals surface area (Å²) in [6.07, 6.45) is 2.68. The average molecular weight is 169 g/mol. The van der Waals surface area contributed by atoms with E-state index in [0.717, 1.165) is 6.42 Å². The maximum absolute atomic E-state index is 11.1. The SMILES string of the molecule is C=C[C@H]1N[C@H](C(=O)OC)C[C@H]1C. The van der Waals surface area contributed by atoms with Gasteiger partial charge < -0.3 is 4.74 Å². The minimum Gasteiger partial charge on any atom is -0.468 e. The van der Waals surface area contributed by atoms with Gasteiger partial charge in [0.1, 0.15) is 6.04 Å². The number of esters is 1. The highest BCUT2D eigenvalue weighted by Gasteiger charge is 2.33. The van der Waals surface area contributed by atoms with Crippen molar-refractivity contribution in [2.45, 2.75) is 25.4 Å². The molecule has 0 aromatic heterocycles. The molecule has 1 N–H and O–H groups in total. The van der Waals surface area contributed by atoms with Gasteiger partial charge in [0.2, 0.25) is 0 Å². The van der Waals surface area contributed by atoms with Crippen molar-refractivity contribution in [2.75, 3.05) is 7.11 Å². The van der Waals surface area contributed by atoms with Crippen molar-refractivity contribution in [3.63, 3.8) is 0 Å². The molecule has 1 aliphatic heterocycles. The van der Waals surface area contributed by atoms with E-state index in [-0.39, 0.29) is 18.1 Å². The van der Waals surface area contributed by atoms with Crippen LogP contribution in [-0.4, -0.2) is 25.2 Å². The van der Waals surface area contributed by atoms with E-state index in [1.54, 1.807) is 0 Å². The Labute approximate surface area is 72.8 Å². The Morgan fingerprint density at radius 3 is 2.83 bits per heavy atom. The van der Waals surface area contributed by atoms with Crippen LogP contribution in [0, 0.1) is 5.92 Å². The highest BCUT2D eigenvalue weighted by atomic mass is 16.5. The topological polar surface area (TPSA) is 38.3 Å². The molecule has 3 atom stereocenters. The summed E-state index contributed by atoms with van der Waals surface area (Å²) < 4.78 is 4.64. The average Bonchev–Trinajstić information content (AvgIpc) is 2.45. The van der Waals surface area contributed by atoms with Crippen LogP contribution >= 0.6 is 0 Å². The van der Waals surface area contributed by atoms with E-state index in [9.17, 15) is 4.79 Å². The summed E-state index contributed by atoms with van der Waals surface area (Å²) in [6.45, 7) is 5.80. The molecule has 0 aromatic rings. The van der Waals surface area contributed by atoms with Gasteiger partial charge in [0.25, 0.3) is 0 Å². The van der Waals surface area contributed by atoms with Gasteiger partial charge in [-0.15, -0.1) is 6.58 Å². The minimum absolute atomic E-state index is 0.145. The third kappa shape index (κ3) is 1.67.